The van der Waals surface area contributed by atoms with Gasteiger partial charge < -0.3 is 19.9 Å². The molecule has 0 aromatic heterocycles. The van der Waals surface area contributed by atoms with Gasteiger partial charge in [-0.1, -0.05) is 6.42 Å². The van der Waals surface area contributed by atoms with Gasteiger partial charge in [-0.15, -0.1) is 0 Å². The zero-order valence-corrected chi connectivity index (χ0v) is 11.2. The molecule has 18 heavy (non-hydrogen) atoms. The molecule has 2 rings (SSSR count). The van der Waals surface area contributed by atoms with E-state index in [1.54, 1.807) is 21.3 Å². The van der Waals surface area contributed by atoms with E-state index >= 15 is 0 Å². The molecule has 0 amide bonds. The fourth-order valence-electron chi connectivity index (χ4n) is 2.40. The van der Waals surface area contributed by atoms with Crippen LogP contribution in [0.25, 0.3) is 0 Å². The lowest BCUT2D eigenvalue weighted by molar-refractivity contribution is 0.253. The van der Waals surface area contributed by atoms with E-state index < -0.39 is 0 Å². The number of nitrogens with two attached hydrogens (primary N) is 1. The number of hydrogen-bond acceptors (Lipinski definition) is 4. The third-order valence-corrected chi connectivity index (χ3v) is 3.74. The van der Waals surface area contributed by atoms with E-state index in [4.69, 9.17) is 19.9 Å². The van der Waals surface area contributed by atoms with Gasteiger partial charge in [0.25, 0.3) is 0 Å². The average molecular weight is 251 g/mol. The van der Waals surface area contributed by atoms with Gasteiger partial charge in [-0.3, -0.25) is 0 Å². The van der Waals surface area contributed by atoms with E-state index in [9.17, 15) is 0 Å². The molecule has 1 fully saturated rings. The van der Waals surface area contributed by atoms with Gasteiger partial charge in [-0.05, 0) is 18.8 Å². The highest BCUT2D eigenvalue weighted by Crippen LogP contribution is 2.44. The van der Waals surface area contributed by atoms with Crippen LogP contribution in [0.5, 0.6) is 17.2 Å². The summed E-state index contributed by atoms with van der Waals surface area (Å²) < 4.78 is 16.1. The second-order valence-electron chi connectivity index (χ2n) is 4.66. The molecule has 0 heterocycles. The van der Waals surface area contributed by atoms with Crippen LogP contribution in [0.15, 0.2) is 12.1 Å². The maximum atomic E-state index is 6.34. The van der Waals surface area contributed by atoms with Crippen molar-refractivity contribution >= 4 is 0 Å². The van der Waals surface area contributed by atoms with Crippen molar-refractivity contribution in [2.75, 3.05) is 21.3 Å². The molecule has 1 aliphatic carbocycles. The zero-order chi connectivity index (χ0) is 13.1. The largest absolute Gasteiger partial charge is 0.496 e. The fraction of sp³-hybridized carbons (Fsp3) is 0.571. The molecule has 0 radical (unpaired) electrons. The van der Waals surface area contributed by atoms with Crippen LogP contribution in [-0.2, 0) is 0 Å². The molecule has 2 N–H and O–H groups in total. The molecule has 0 spiro atoms. The lowest BCUT2D eigenvalue weighted by Gasteiger charge is -2.33. The molecule has 4 nitrogen and oxygen atoms in total. The molecule has 1 atom stereocenters. The maximum absolute atomic E-state index is 6.34. The van der Waals surface area contributed by atoms with Gasteiger partial charge in [0.15, 0.2) is 0 Å². The Morgan fingerprint density at radius 3 is 1.94 bits per heavy atom. The summed E-state index contributed by atoms with van der Waals surface area (Å²) in [5, 5.41) is 0. The van der Waals surface area contributed by atoms with Crippen LogP contribution in [0.3, 0.4) is 0 Å². The normalized spacial score (nSPS) is 16.9. The molecule has 4 heteroatoms. The molecule has 1 aliphatic rings. The molecular formula is C14H21NO3. The topological polar surface area (TPSA) is 53.7 Å². The molecule has 1 unspecified atom stereocenters. The summed E-state index contributed by atoms with van der Waals surface area (Å²) in [5.41, 5.74) is 7.29. The standard InChI is InChI=1S/C14H21NO3/c1-16-10-7-11(17-2)13(12(8-10)18-3)14(15)9-5-4-6-9/h7-9,14H,4-6,15H2,1-3H3. The first-order chi connectivity index (χ1) is 8.71. The molecule has 100 valence electrons. The van der Waals surface area contributed by atoms with Crippen molar-refractivity contribution in [1.29, 1.82) is 0 Å². The average Bonchev–Trinajstić information content (AvgIpc) is 2.34. The fourth-order valence-corrected chi connectivity index (χ4v) is 2.40. The monoisotopic (exact) mass is 251 g/mol. The van der Waals surface area contributed by atoms with Gasteiger partial charge in [0.1, 0.15) is 17.2 Å². The molecule has 0 bridgehead atoms. The predicted molar refractivity (Wildman–Crippen MR) is 70.4 cm³/mol. The minimum Gasteiger partial charge on any atom is -0.496 e. The minimum absolute atomic E-state index is 0.0328. The Balaban J connectivity index is 2.41. The van der Waals surface area contributed by atoms with Crippen LogP contribution in [0, 0.1) is 5.92 Å². The Hall–Kier alpha value is -1.42. The number of methoxy groups -OCH3 is 3. The zero-order valence-electron chi connectivity index (χ0n) is 11.2. The van der Waals surface area contributed by atoms with Gasteiger partial charge in [-0.2, -0.15) is 0 Å². The Kier molecular flexibility index (Phi) is 3.97. The maximum Gasteiger partial charge on any atom is 0.131 e. The van der Waals surface area contributed by atoms with Crippen LogP contribution < -0.4 is 19.9 Å². The first-order valence-electron chi connectivity index (χ1n) is 6.26. The summed E-state index contributed by atoms with van der Waals surface area (Å²) in [4.78, 5) is 0. The molecule has 0 aliphatic heterocycles. The Labute approximate surface area is 108 Å². The lowest BCUT2D eigenvalue weighted by Crippen LogP contribution is -2.27. The SMILES string of the molecule is COc1cc(OC)c(C(N)C2CCC2)c(OC)c1. The number of benzene rings is 1. The van der Waals surface area contributed by atoms with Crippen molar-refractivity contribution in [2.45, 2.75) is 25.3 Å². The summed E-state index contributed by atoms with van der Waals surface area (Å²) >= 11 is 0. The van der Waals surface area contributed by atoms with Crippen LogP contribution in [0.1, 0.15) is 30.9 Å². The second kappa shape index (κ2) is 5.48. The van der Waals surface area contributed by atoms with Gasteiger partial charge in [0.2, 0.25) is 0 Å². The van der Waals surface area contributed by atoms with Gasteiger partial charge in [-0.25, -0.2) is 0 Å². The highest BCUT2D eigenvalue weighted by molar-refractivity contribution is 5.52. The van der Waals surface area contributed by atoms with Gasteiger partial charge in [0, 0.05) is 18.2 Å². The van der Waals surface area contributed by atoms with Crippen LogP contribution in [0.4, 0.5) is 0 Å². The Morgan fingerprint density at radius 1 is 1.06 bits per heavy atom. The highest BCUT2D eigenvalue weighted by Gasteiger charge is 2.30. The summed E-state index contributed by atoms with van der Waals surface area (Å²) in [6, 6.07) is 3.68. The summed E-state index contributed by atoms with van der Waals surface area (Å²) in [6.45, 7) is 0. The molecule has 1 aromatic rings. The predicted octanol–water partition coefficient (Wildman–Crippen LogP) is 2.51. The van der Waals surface area contributed by atoms with E-state index in [0.717, 1.165) is 17.1 Å². The second-order valence-corrected chi connectivity index (χ2v) is 4.66. The summed E-state index contributed by atoms with van der Waals surface area (Å²) in [5.74, 6) is 2.73. The van der Waals surface area contributed by atoms with E-state index in [2.05, 4.69) is 0 Å². The van der Waals surface area contributed by atoms with Gasteiger partial charge >= 0.3 is 0 Å². The van der Waals surface area contributed by atoms with Crippen molar-refractivity contribution in [3.8, 4) is 17.2 Å². The van der Waals surface area contributed by atoms with E-state index in [1.165, 1.54) is 19.3 Å². The van der Waals surface area contributed by atoms with Crippen molar-refractivity contribution in [3.63, 3.8) is 0 Å². The Morgan fingerprint density at radius 2 is 1.61 bits per heavy atom. The number of rotatable bonds is 5. The van der Waals surface area contributed by atoms with Crippen molar-refractivity contribution in [3.05, 3.63) is 17.7 Å². The lowest BCUT2D eigenvalue weighted by atomic mass is 9.77. The third kappa shape index (κ3) is 2.25. The van der Waals surface area contributed by atoms with Crippen LogP contribution in [-0.4, -0.2) is 21.3 Å². The van der Waals surface area contributed by atoms with E-state index in [0.29, 0.717) is 11.7 Å². The van der Waals surface area contributed by atoms with Crippen LogP contribution >= 0.6 is 0 Å². The third-order valence-electron chi connectivity index (χ3n) is 3.74. The summed E-state index contributed by atoms with van der Waals surface area (Å²) in [7, 11) is 4.91. The Bertz CT molecular complexity index is 390. The molecule has 1 aromatic carbocycles. The smallest absolute Gasteiger partial charge is 0.131 e. The molecule has 0 saturated heterocycles. The summed E-state index contributed by atoms with van der Waals surface area (Å²) in [6.07, 6.45) is 3.62. The minimum atomic E-state index is -0.0328. The molecule has 1 saturated carbocycles. The van der Waals surface area contributed by atoms with E-state index in [1.807, 2.05) is 12.1 Å². The van der Waals surface area contributed by atoms with Gasteiger partial charge in [0.05, 0.1) is 26.9 Å². The van der Waals surface area contributed by atoms with Crippen LogP contribution in [0.2, 0.25) is 0 Å². The quantitative estimate of drug-likeness (QED) is 0.873. The van der Waals surface area contributed by atoms with Crippen molar-refractivity contribution < 1.29 is 14.2 Å². The first kappa shape index (κ1) is 13.0. The number of ether oxygens (including phenoxy) is 3. The molecular weight excluding hydrogens is 230 g/mol. The van der Waals surface area contributed by atoms with Crippen molar-refractivity contribution in [2.24, 2.45) is 11.7 Å². The highest BCUT2D eigenvalue weighted by atomic mass is 16.5. The number of hydrogen-bond donors (Lipinski definition) is 1. The van der Waals surface area contributed by atoms with E-state index in [-0.39, 0.29) is 6.04 Å². The van der Waals surface area contributed by atoms with Crippen molar-refractivity contribution in [1.82, 2.24) is 0 Å². The first-order valence-corrected chi connectivity index (χ1v) is 6.26.